The van der Waals surface area contributed by atoms with Gasteiger partial charge in [0, 0.05) is 38.8 Å². The Balaban J connectivity index is 1.23. The van der Waals surface area contributed by atoms with Gasteiger partial charge >= 0.3 is 0 Å². The van der Waals surface area contributed by atoms with E-state index in [2.05, 4.69) is 233 Å². The average molecular weight is 801 g/mol. The number of anilines is 6. The highest BCUT2D eigenvalue weighted by atomic mass is 28.4. The summed E-state index contributed by atoms with van der Waals surface area (Å²) in [6.45, 7) is 20.2. The molecule has 0 unspecified atom stereocenters. The summed E-state index contributed by atoms with van der Waals surface area (Å²) in [5, 5.41) is 5.19. The van der Waals surface area contributed by atoms with Crippen LogP contribution in [0.5, 0.6) is 0 Å². The van der Waals surface area contributed by atoms with Crippen molar-refractivity contribution >= 4 is 71.8 Å². The third-order valence-electron chi connectivity index (χ3n) is 13.0. The van der Waals surface area contributed by atoms with Gasteiger partial charge in [0.1, 0.15) is 0 Å². The molecule has 0 N–H and O–H groups in total. The Bertz CT molecular complexity index is 2600. The van der Waals surface area contributed by atoms with Crippen molar-refractivity contribution < 1.29 is 0 Å². The summed E-state index contributed by atoms with van der Waals surface area (Å²) >= 11 is 0. The van der Waals surface area contributed by atoms with E-state index in [1.165, 1.54) is 66.5 Å². The average Bonchev–Trinajstić information content (AvgIpc) is 3.53. The molecule has 0 aromatic heterocycles. The second-order valence-corrected chi connectivity index (χ2v) is 29.5. The Kier molecular flexibility index (Phi) is 9.77. The van der Waals surface area contributed by atoms with Crippen LogP contribution in [0.25, 0.3) is 32.7 Å². The molecule has 4 heteroatoms. The van der Waals surface area contributed by atoms with E-state index in [1.54, 1.807) is 11.1 Å². The predicted molar refractivity (Wildman–Crippen MR) is 262 cm³/mol. The fourth-order valence-corrected chi connectivity index (χ4v) is 23.7. The summed E-state index contributed by atoms with van der Waals surface area (Å²) in [5.41, 5.74) is 15.7. The van der Waals surface area contributed by atoms with Crippen molar-refractivity contribution in [3.8, 4) is 11.1 Å². The molecule has 0 saturated heterocycles. The van der Waals surface area contributed by atoms with E-state index in [0.717, 1.165) is 24.2 Å². The molecule has 0 aliphatic heterocycles. The van der Waals surface area contributed by atoms with Crippen molar-refractivity contribution in [2.75, 3.05) is 9.80 Å². The SMILES string of the molecule is CCc1ccc(N(c2ccccc2)c2ccc3cc4c(cc3c2)C([Si](C)(C)C)([Si](C)(C)C)c2cc3cc(N(c5ccccc5)c5ccc(CC)cc5)ccc3cc2-4)cc1. The van der Waals surface area contributed by atoms with Gasteiger partial charge in [0.05, 0.1) is 16.1 Å². The molecule has 0 saturated carbocycles. The first-order valence-electron chi connectivity index (χ1n) is 21.5. The third kappa shape index (κ3) is 6.54. The maximum atomic E-state index is 2.62. The van der Waals surface area contributed by atoms with Crippen LogP contribution in [0.2, 0.25) is 39.3 Å². The van der Waals surface area contributed by atoms with Gasteiger partial charge in [-0.15, -0.1) is 0 Å². The highest BCUT2D eigenvalue weighted by molar-refractivity contribution is 6.99. The minimum Gasteiger partial charge on any atom is -0.310 e. The molecule has 1 aliphatic rings. The number of rotatable bonds is 10. The van der Waals surface area contributed by atoms with Gasteiger partial charge in [-0.2, -0.15) is 0 Å². The third-order valence-corrected chi connectivity index (χ3v) is 23.1. The van der Waals surface area contributed by atoms with Crippen molar-refractivity contribution in [2.24, 2.45) is 0 Å². The Morgan fingerprint density at radius 2 is 0.695 bits per heavy atom. The monoisotopic (exact) mass is 800 g/mol. The molecule has 0 atom stereocenters. The molecule has 0 bridgehead atoms. The lowest BCUT2D eigenvalue weighted by molar-refractivity contribution is 0.956. The lowest BCUT2D eigenvalue weighted by Crippen LogP contribution is -2.63. The number of aryl methyl sites for hydroxylation is 2. The van der Waals surface area contributed by atoms with Gasteiger partial charge in [-0.25, -0.2) is 0 Å². The second kappa shape index (κ2) is 14.8. The van der Waals surface area contributed by atoms with Crippen LogP contribution in [0.3, 0.4) is 0 Å². The molecular formula is C55H56N2Si2. The molecule has 0 heterocycles. The largest absolute Gasteiger partial charge is 0.310 e. The van der Waals surface area contributed by atoms with E-state index < -0.39 is 16.1 Å². The van der Waals surface area contributed by atoms with Crippen molar-refractivity contribution in [3.05, 3.63) is 192 Å². The molecule has 1 aliphatic carbocycles. The zero-order valence-corrected chi connectivity index (χ0v) is 38.0. The van der Waals surface area contributed by atoms with Gasteiger partial charge in [-0.05, 0) is 153 Å². The Morgan fingerprint density at radius 3 is 1.03 bits per heavy atom. The molecule has 0 amide bonds. The highest BCUT2D eigenvalue weighted by Crippen LogP contribution is 2.59. The smallest absolute Gasteiger partial charge is 0.0579 e. The molecule has 2 nitrogen and oxygen atoms in total. The Hall–Kier alpha value is -5.69. The molecular weight excluding hydrogens is 745 g/mol. The summed E-state index contributed by atoms with van der Waals surface area (Å²) in [7, 11) is -3.89. The van der Waals surface area contributed by atoms with Crippen LogP contribution >= 0.6 is 0 Å². The second-order valence-electron chi connectivity index (χ2n) is 18.5. The van der Waals surface area contributed by atoms with E-state index >= 15 is 0 Å². The van der Waals surface area contributed by atoms with Crippen LogP contribution in [0, 0.1) is 0 Å². The fraction of sp³-hybridized carbons (Fsp3) is 0.200. The van der Waals surface area contributed by atoms with Crippen LogP contribution in [-0.2, 0) is 17.5 Å². The number of fused-ring (bicyclic) bond motifs is 5. The van der Waals surface area contributed by atoms with Crippen LogP contribution in [0.15, 0.2) is 170 Å². The summed E-state index contributed by atoms with van der Waals surface area (Å²) in [4.78, 5) is 4.82. The van der Waals surface area contributed by atoms with Crippen LogP contribution in [0.4, 0.5) is 34.1 Å². The van der Waals surface area contributed by atoms with Gasteiger partial charge in [0.15, 0.2) is 0 Å². The molecule has 0 fully saturated rings. The normalized spacial score (nSPS) is 13.4. The van der Waals surface area contributed by atoms with Crippen LogP contribution in [-0.4, -0.2) is 16.1 Å². The lowest BCUT2D eigenvalue weighted by Gasteiger charge is -2.51. The summed E-state index contributed by atoms with van der Waals surface area (Å²) in [6.07, 6.45) is 2.06. The zero-order chi connectivity index (χ0) is 41.1. The molecule has 0 radical (unpaired) electrons. The van der Waals surface area contributed by atoms with Gasteiger partial charge in [-0.1, -0.05) is 138 Å². The van der Waals surface area contributed by atoms with Gasteiger partial charge < -0.3 is 9.80 Å². The quantitative estimate of drug-likeness (QED) is 0.127. The Labute approximate surface area is 353 Å². The Morgan fingerprint density at radius 1 is 0.356 bits per heavy atom. The summed E-state index contributed by atoms with van der Waals surface area (Å²) in [5.74, 6) is 0. The van der Waals surface area contributed by atoms with Crippen molar-refractivity contribution in [1.29, 1.82) is 0 Å². The van der Waals surface area contributed by atoms with Gasteiger partial charge in [0.2, 0.25) is 0 Å². The highest BCUT2D eigenvalue weighted by Gasteiger charge is 2.59. The van der Waals surface area contributed by atoms with E-state index in [1.807, 2.05) is 0 Å². The van der Waals surface area contributed by atoms with Crippen LogP contribution < -0.4 is 9.80 Å². The molecule has 8 aromatic rings. The van der Waals surface area contributed by atoms with E-state index in [4.69, 9.17) is 0 Å². The summed E-state index contributed by atoms with van der Waals surface area (Å²) in [6, 6.07) is 64.3. The van der Waals surface area contributed by atoms with E-state index in [0.29, 0.717) is 0 Å². The molecule has 294 valence electrons. The van der Waals surface area contributed by atoms with Gasteiger partial charge in [-0.3, -0.25) is 0 Å². The summed E-state index contributed by atoms with van der Waals surface area (Å²) < 4.78 is 0.00323. The lowest BCUT2D eigenvalue weighted by atomic mass is 9.98. The van der Waals surface area contributed by atoms with Crippen molar-refractivity contribution in [1.82, 2.24) is 0 Å². The van der Waals surface area contributed by atoms with Crippen molar-refractivity contribution in [3.63, 3.8) is 0 Å². The van der Waals surface area contributed by atoms with E-state index in [9.17, 15) is 0 Å². The number of para-hydroxylation sites is 2. The first-order valence-corrected chi connectivity index (χ1v) is 28.5. The van der Waals surface area contributed by atoms with Gasteiger partial charge in [0.25, 0.3) is 0 Å². The first kappa shape index (κ1) is 38.8. The number of hydrogen-bond donors (Lipinski definition) is 0. The minimum absolute atomic E-state index is 0.00323. The van der Waals surface area contributed by atoms with Crippen LogP contribution in [0.1, 0.15) is 36.1 Å². The fourth-order valence-electron chi connectivity index (χ4n) is 10.6. The number of nitrogens with zero attached hydrogens (tertiary/aromatic N) is 2. The van der Waals surface area contributed by atoms with E-state index in [-0.39, 0.29) is 4.66 Å². The maximum absolute atomic E-state index is 2.62. The predicted octanol–water partition coefficient (Wildman–Crippen LogP) is 16.1. The zero-order valence-electron chi connectivity index (χ0n) is 36.0. The number of hydrogen-bond acceptors (Lipinski definition) is 2. The number of benzene rings is 8. The first-order chi connectivity index (χ1) is 28.4. The maximum Gasteiger partial charge on any atom is 0.0579 e. The molecule has 8 aromatic carbocycles. The molecule has 0 spiro atoms. The molecule has 9 rings (SSSR count). The standard InChI is InChI=1S/C55H56N2Si2/c1-9-39-21-27-47(28-22-39)56(45-17-13-11-14-18-45)49-31-25-41-35-51-52-36-42-26-32-50(57(46-19-15-12-16-20-46)48-29-23-40(10-2)24-30-48)34-44(42)38-54(52)55(58(3,4)5,59(6,7)8)53(51)37-43(41)33-49/h11-38H,9-10H2,1-8H3. The molecule has 59 heavy (non-hydrogen) atoms. The topological polar surface area (TPSA) is 6.48 Å². The van der Waals surface area contributed by atoms with Crippen molar-refractivity contribution in [2.45, 2.75) is 70.6 Å². The minimum atomic E-state index is -1.95.